The lowest BCUT2D eigenvalue weighted by Crippen LogP contribution is -2.56. The van der Waals surface area contributed by atoms with Crippen LogP contribution in [0.1, 0.15) is 51.9 Å². The Morgan fingerprint density at radius 1 is 1.65 bits per heavy atom. The number of unbranched alkanes of at least 4 members (excludes halogenated alkanes) is 1. The molecule has 0 spiro atoms. The van der Waals surface area contributed by atoms with Crippen molar-refractivity contribution in [2.24, 2.45) is 11.8 Å². The van der Waals surface area contributed by atoms with Crippen LogP contribution < -0.4 is 11.3 Å². The van der Waals surface area contributed by atoms with Gasteiger partial charge in [-0.15, -0.1) is 6.58 Å². The molecule has 3 N–H and O–H groups in total. The third-order valence-corrected chi connectivity index (χ3v) is 4.13. The first kappa shape index (κ1) is 14.7. The molecule has 1 aliphatic carbocycles. The first-order valence-corrected chi connectivity index (χ1v) is 6.80. The Kier molecular flexibility index (Phi) is 6.17. The summed E-state index contributed by atoms with van der Waals surface area (Å²) in [6.07, 6.45) is 10.00. The molecule has 0 heterocycles. The molecule has 100 valence electrons. The molecule has 3 atom stereocenters. The molecule has 0 aromatic carbocycles. The molecule has 0 radical (unpaired) electrons. The van der Waals surface area contributed by atoms with Gasteiger partial charge in [0.1, 0.15) is 0 Å². The number of nitrogens with one attached hydrogen (secondary N) is 1. The molecule has 1 saturated carbocycles. The number of allylic oxidation sites excluding steroid dienone is 1. The molecule has 0 bridgehead atoms. The van der Waals surface area contributed by atoms with Crippen LogP contribution in [0.3, 0.4) is 0 Å². The average molecular weight is 240 g/mol. The Bertz CT molecular complexity index is 232. The molecule has 3 nitrogen and oxygen atoms in total. The predicted octanol–water partition coefficient (Wildman–Crippen LogP) is 2.77. The first-order chi connectivity index (χ1) is 8.18. The van der Waals surface area contributed by atoms with Crippen molar-refractivity contribution in [3.05, 3.63) is 12.7 Å². The maximum atomic E-state index is 5.86. The molecule has 17 heavy (non-hydrogen) atoms. The summed E-state index contributed by atoms with van der Waals surface area (Å²) in [4.78, 5) is 0. The van der Waals surface area contributed by atoms with E-state index >= 15 is 0 Å². The molecule has 1 aliphatic rings. The average Bonchev–Trinajstić information content (AvgIpc) is 2.34. The van der Waals surface area contributed by atoms with Gasteiger partial charge in [0.05, 0.1) is 11.6 Å². The van der Waals surface area contributed by atoms with Gasteiger partial charge in [-0.05, 0) is 38.0 Å². The third kappa shape index (κ3) is 3.80. The maximum absolute atomic E-state index is 5.86. The lowest BCUT2D eigenvalue weighted by Gasteiger charge is -2.44. The number of nitrogens with two attached hydrogens (primary N) is 1. The van der Waals surface area contributed by atoms with Crippen molar-refractivity contribution >= 4 is 0 Å². The fourth-order valence-corrected chi connectivity index (χ4v) is 3.15. The normalized spacial score (nSPS) is 31.1. The number of methoxy groups -OCH3 is 1. The Balaban J connectivity index is 2.63. The summed E-state index contributed by atoms with van der Waals surface area (Å²) in [6.45, 7) is 6.07. The fraction of sp³-hybridized carbons (Fsp3) is 0.857. The Labute approximate surface area is 106 Å². The van der Waals surface area contributed by atoms with Gasteiger partial charge in [0.2, 0.25) is 0 Å². The number of ether oxygens (including phenoxy) is 1. The van der Waals surface area contributed by atoms with Crippen LogP contribution in [0.2, 0.25) is 0 Å². The van der Waals surface area contributed by atoms with Crippen LogP contribution in [-0.2, 0) is 4.74 Å². The highest BCUT2D eigenvalue weighted by Gasteiger charge is 2.41. The van der Waals surface area contributed by atoms with Crippen molar-refractivity contribution in [3.63, 3.8) is 0 Å². The minimum atomic E-state index is -0.0619. The molecule has 1 fully saturated rings. The van der Waals surface area contributed by atoms with Crippen LogP contribution in [-0.4, -0.2) is 18.8 Å². The SMILES string of the molecule is C=CCCCC(NN)C1(OC)CCCC(C)C1. The highest BCUT2D eigenvalue weighted by molar-refractivity contribution is 4.96. The number of hydrogen-bond donors (Lipinski definition) is 2. The smallest absolute Gasteiger partial charge is 0.0846 e. The predicted molar refractivity (Wildman–Crippen MR) is 72.5 cm³/mol. The van der Waals surface area contributed by atoms with Gasteiger partial charge >= 0.3 is 0 Å². The largest absolute Gasteiger partial charge is 0.377 e. The molecule has 0 saturated heterocycles. The highest BCUT2D eigenvalue weighted by Crippen LogP contribution is 2.38. The summed E-state index contributed by atoms with van der Waals surface area (Å²) in [5.41, 5.74) is 2.92. The second kappa shape index (κ2) is 7.14. The molecule has 0 aromatic rings. The summed E-state index contributed by atoms with van der Waals surface area (Å²) in [6, 6.07) is 0.259. The second-order valence-corrected chi connectivity index (χ2v) is 5.41. The van der Waals surface area contributed by atoms with Crippen LogP contribution in [0.15, 0.2) is 12.7 Å². The van der Waals surface area contributed by atoms with E-state index < -0.39 is 0 Å². The molecule has 3 heteroatoms. The van der Waals surface area contributed by atoms with Crippen LogP contribution in [0, 0.1) is 5.92 Å². The molecule has 3 unspecified atom stereocenters. The van der Waals surface area contributed by atoms with Gasteiger partial charge in [-0.3, -0.25) is 11.3 Å². The van der Waals surface area contributed by atoms with Crippen LogP contribution in [0.4, 0.5) is 0 Å². The third-order valence-electron chi connectivity index (χ3n) is 4.13. The van der Waals surface area contributed by atoms with E-state index in [1.807, 2.05) is 13.2 Å². The molecular weight excluding hydrogens is 212 g/mol. The Morgan fingerprint density at radius 2 is 2.41 bits per heavy atom. The van der Waals surface area contributed by atoms with Crippen LogP contribution in [0.5, 0.6) is 0 Å². The van der Waals surface area contributed by atoms with E-state index in [1.165, 1.54) is 12.8 Å². The van der Waals surface area contributed by atoms with E-state index in [0.717, 1.165) is 38.0 Å². The lowest BCUT2D eigenvalue weighted by molar-refractivity contribution is -0.0812. The van der Waals surface area contributed by atoms with E-state index in [2.05, 4.69) is 18.9 Å². The molecular formula is C14H28N2O. The summed E-state index contributed by atoms with van der Waals surface area (Å²) in [5.74, 6) is 6.47. The Hall–Kier alpha value is -0.380. The van der Waals surface area contributed by atoms with Crippen molar-refractivity contribution < 1.29 is 4.74 Å². The van der Waals surface area contributed by atoms with E-state index in [1.54, 1.807) is 0 Å². The molecule has 0 aliphatic heterocycles. The number of hydrogen-bond acceptors (Lipinski definition) is 3. The lowest BCUT2D eigenvalue weighted by atomic mass is 9.73. The monoisotopic (exact) mass is 240 g/mol. The summed E-state index contributed by atoms with van der Waals surface area (Å²) in [7, 11) is 1.83. The summed E-state index contributed by atoms with van der Waals surface area (Å²) >= 11 is 0. The van der Waals surface area contributed by atoms with E-state index in [9.17, 15) is 0 Å². The molecule has 0 amide bonds. The zero-order valence-corrected chi connectivity index (χ0v) is 11.4. The quantitative estimate of drug-likeness (QED) is 0.311. The molecule has 1 rings (SSSR count). The number of rotatable bonds is 7. The van der Waals surface area contributed by atoms with Crippen molar-refractivity contribution in [2.45, 2.75) is 63.5 Å². The van der Waals surface area contributed by atoms with Crippen molar-refractivity contribution in [1.82, 2.24) is 5.43 Å². The van der Waals surface area contributed by atoms with Gasteiger partial charge in [0, 0.05) is 7.11 Å². The molecule has 0 aromatic heterocycles. The van der Waals surface area contributed by atoms with Gasteiger partial charge in [0.25, 0.3) is 0 Å². The van der Waals surface area contributed by atoms with Gasteiger partial charge in [-0.1, -0.05) is 25.8 Å². The highest BCUT2D eigenvalue weighted by atomic mass is 16.5. The van der Waals surface area contributed by atoms with Crippen molar-refractivity contribution in [1.29, 1.82) is 0 Å². The summed E-state index contributed by atoms with van der Waals surface area (Å²) < 4.78 is 5.86. The van der Waals surface area contributed by atoms with Gasteiger partial charge < -0.3 is 4.74 Å². The van der Waals surface area contributed by atoms with Crippen LogP contribution in [0.25, 0.3) is 0 Å². The minimum absolute atomic E-state index is 0.0619. The Morgan fingerprint density at radius 3 is 2.94 bits per heavy atom. The van der Waals surface area contributed by atoms with Crippen LogP contribution >= 0.6 is 0 Å². The van der Waals surface area contributed by atoms with E-state index in [4.69, 9.17) is 10.6 Å². The second-order valence-electron chi connectivity index (χ2n) is 5.41. The van der Waals surface area contributed by atoms with Gasteiger partial charge in [-0.25, -0.2) is 0 Å². The number of hydrazine groups is 1. The minimum Gasteiger partial charge on any atom is -0.377 e. The van der Waals surface area contributed by atoms with Crippen molar-refractivity contribution in [2.75, 3.05) is 7.11 Å². The van der Waals surface area contributed by atoms with Gasteiger partial charge in [-0.2, -0.15) is 0 Å². The van der Waals surface area contributed by atoms with Crippen molar-refractivity contribution in [3.8, 4) is 0 Å². The standard InChI is InChI=1S/C14H28N2O/c1-4-5-6-9-13(16-15)14(17-3)10-7-8-12(2)11-14/h4,12-13,16H,1,5-11,15H2,2-3H3. The first-order valence-electron chi connectivity index (χ1n) is 6.80. The van der Waals surface area contributed by atoms with Gasteiger partial charge in [0.15, 0.2) is 0 Å². The van der Waals surface area contributed by atoms with E-state index in [-0.39, 0.29) is 11.6 Å². The van der Waals surface area contributed by atoms with E-state index in [0.29, 0.717) is 0 Å². The fourth-order valence-electron chi connectivity index (χ4n) is 3.15. The topological polar surface area (TPSA) is 47.3 Å². The maximum Gasteiger partial charge on any atom is 0.0846 e. The zero-order chi connectivity index (χ0) is 12.7. The zero-order valence-electron chi connectivity index (χ0n) is 11.4. The summed E-state index contributed by atoms with van der Waals surface area (Å²) in [5, 5.41) is 0.